The van der Waals surface area contributed by atoms with Crippen molar-refractivity contribution in [2.75, 3.05) is 0 Å². The van der Waals surface area contributed by atoms with Crippen molar-refractivity contribution >= 4 is 68.5 Å². The molecule has 2 aliphatic heterocycles. The smallest absolute Gasteiger partial charge is 0.434 e. The summed E-state index contributed by atoms with van der Waals surface area (Å²) in [5, 5.41) is 7.87. The second-order valence-corrected chi connectivity index (χ2v) is 20.8. The molecule has 5 heteroatoms. The van der Waals surface area contributed by atoms with Crippen molar-refractivity contribution in [1.29, 1.82) is 0 Å². The Morgan fingerprint density at radius 3 is 1.55 bits per heavy atom. The standard InChI is InChI=1S/C60H40BNO2Si/c1-4-19-43(20-5-1)65(44-21-6-2-7-22-44,45-23-8-3-9-24-45)59-34-17-13-26-47(59)41-35-37-56-51(39-41)50-29-18-33-58-60(50)61(64-56)52-40-42(36-38-57(52)63-58)46-25-10-14-30-53(46)62-54-31-15-11-27-48(54)49-28-12-16-32-55(49)62/h1-40H. The van der Waals surface area contributed by atoms with Crippen LogP contribution in [0.15, 0.2) is 243 Å². The van der Waals surface area contributed by atoms with Crippen molar-refractivity contribution in [2.45, 2.75) is 0 Å². The second-order valence-electron chi connectivity index (χ2n) is 17.1. The summed E-state index contributed by atoms with van der Waals surface area (Å²) in [6, 6.07) is 88.4. The van der Waals surface area contributed by atoms with Gasteiger partial charge in [0.1, 0.15) is 17.2 Å². The highest BCUT2D eigenvalue weighted by Gasteiger charge is 2.44. The normalized spacial score (nSPS) is 12.5. The van der Waals surface area contributed by atoms with Crippen LogP contribution in [0.3, 0.4) is 0 Å². The molecule has 3 heterocycles. The number of para-hydroxylation sites is 3. The molecule has 0 aliphatic carbocycles. The molecule has 0 N–H and O–H groups in total. The number of nitrogens with zero attached hydrogens (tertiary/aromatic N) is 1. The molecule has 65 heavy (non-hydrogen) atoms. The molecule has 0 spiro atoms. The number of aromatic nitrogens is 1. The molecule has 11 aromatic rings. The monoisotopic (exact) mass is 845 g/mol. The lowest BCUT2D eigenvalue weighted by Crippen LogP contribution is -2.75. The van der Waals surface area contributed by atoms with Crippen molar-refractivity contribution in [2.24, 2.45) is 0 Å². The van der Waals surface area contributed by atoms with Gasteiger partial charge < -0.3 is 14.0 Å². The highest BCUT2D eigenvalue weighted by Crippen LogP contribution is 2.42. The number of hydrogen-bond donors (Lipinski definition) is 0. The molecule has 13 rings (SSSR count). The van der Waals surface area contributed by atoms with Gasteiger partial charge in [-0.25, -0.2) is 0 Å². The average molecular weight is 846 g/mol. The van der Waals surface area contributed by atoms with Gasteiger partial charge in [0, 0.05) is 32.8 Å². The van der Waals surface area contributed by atoms with Crippen LogP contribution in [0.25, 0.3) is 60.9 Å². The number of hydrogen-bond acceptors (Lipinski definition) is 2. The summed E-state index contributed by atoms with van der Waals surface area (Å²) in [6.45, 7) is -0.342. The van der Waals surface area contributed by atoms with E-state index < -0.39 is 8.07 Å². The largest absolute Gasteiger partial charge is 0.551 e. The van der Waals surface area contributed by atoms with Gasteiger partial charge in [-0.2, -0.15) is 0 Å². The summed E-state index contributed by atoms with van der Waals surface area (Å²) >= 11 is 0. The van der Waals surface area contributed by atoms with Crippen molar-refractivity contribution < 1.29 is 9.39 Å². The summed E-state index contributed by atoms with van der Waals surface area (Å²) < 4.78 is 16.4. The zero-order valence-corrected chi connectivity index (χ0v) is 36.4. The maximum atomic E-state index is 7.19. The van der Waals surface area contributed by atoms with Crippen LogP contribution in [0, 0.1) is 0 Å². The van der Waals surface area contributed by atoms with Gasteiger partial charge in [-0.3, -0.25) is 0 Å². The molecule has 0 atom stereocenters. The topological polar surface area (TPSA) is 23.4 Å². The number of fused-ring (bicyclic) bond motifs is 7. The Kier molecular flexibility index (Phi) is 8.65. The number of rotatable bonds is 7. The summed E-state index contributed by atoms with van der Waals surface area (Å²) in [6.07, 6.45) is 0. The Labute approximate surface area is 379 Å². The summed E-state index contributed by atoms with van der Waals surface area (Å²) in [7, 11) is -2.83. The molecule has 0 fully saturated rings. The van der Waals surface area contributed by atoms with E-state index in [9.17, 15) is 0 Å². The van der Waals surface area contributed by atoms with Gasteiger partial charge in [0.2, 0.25) is 0 Å². The lowest BCUT2D eigenvalue weighted by atomic mass is 9.50. The van der Waals surface area contributed by atoms with E-state index in [1.165, 1.54) is 48.1 Å². The van der Waals surface area contributed by atoms with Crippen LogP contribution in [0.5, 0.6) is 17.2 Å². The van der Waals surface area contributed by atoms with Crippen LogP contribution < -0.4 is 41.1 Å². The van der Waals surface area contributed by atoms with E-state index >= 15 is 0 Å². The van der Waals surface area contributed by atoms with Gasteiger partial charge in [-0.1, -0.05) is 200 Å². The van der Waals surface area contributed by atoms with Crippen molar-refractivity contribution in [3.63, 3.8) is 0 Å². The van der Waals surface area contributed by atoms with E-state index in [2.05, 4.69) is 247 Å². The molecule has 2 aliphatic rings. The molecule has 10 aromatic carbocycles. The second kappa shape index (κ2) is 15.0. The van der Waals surface area contributed by atoms with E-state index in [1.54, 1.807) is 0 Å². The van der Waals surface area contributed by atoms with Crippen LogP contribution in [0.2, 0.25) is 0 Å². The highest BCUT2D eigenvalue weighted by atomic mass is 28.3. The van der Waals surface area contributed by atoms with E-state index in [0.717, 1.165) is 61.7 Å². The Morgan fingerprint density at radius 1 is 0.369 bits per heavy atom. The van der Waals surface area contributed by atoms with Gasteiger partial charge in [0.05, 0.1) is 16.7 Å². The third kappa shape index (κ3) is 5.76. The molecule has 0 saturated heterocycles. The minimum Gasteiger partial charge on any atom is -0.551 e. The molecule has 3 nitrogen and oxygen atoms in total. The van der Waals surface area contributed by atoms with E-state index in [-0.39, 0.29) is 6.92 Å². The molecule has 0 unspecified atom stereocenters. The fraction of sp³-hybridized carbons (Fsp3) is 0. The van der Waals surface area contributed by atoms with E-state index in [4.69, 9.17) is 9.39 Å². The third-order valence-electron chi connectivity index (χ3n) is 13.7. The number of benzene rings is 10. The Morgan fingerprint density at radius 2 is 0.892 bits per heavy atom. The molecule has 304 valence electrons. The predicted octanol–water partition coefficient (Wildman–Crippen LogP) is 10.8. The Hall–Kier alpha value is -8.12. The average Bonchev–Trinajstić information content (AvgIpc) is 3.72. The molecule has 1 aromatic heterocycles. The van der Waals surface area contributed by atoms with E-state index in [0.29, 0.717) is 0 Å². The summed E-state index contributed by atoms with van der Waals surface area (Å²) in [4.78, 5) is 0. The van der Waals surface area contributed by atoms with Crippen LogP contribution in [-0.2, 0) is 0 Å². The van der Waals surface area contributed by atoms with Gasteiger partial charge in [-0.15, -0.1) is 0 Å². The van der Waals surface area contributed by atoms with E-state index in [1.807, 2.05) is 0 Å². The molecule has 0 bridgehead atoms. The van der Waals surface area contributed by atoms with Crippen molar-refractivity contribution in [3.05, 3.63) is 243 Å². The lowest BCUT2D eigenvalue weighted by molar-refractivity contribution is 0.479. The van der Waals surface area contributed by atoms with Crippen LogP contribution in [-0.4, -0.2) is 19.6 Å². The molecule has 0 radical (unpaired) electrons. The maximum Gasteiger partial charge on any atom is 0.434 e. The minimum absolute atomic E-state index is 0.342. The highest BCUT2D eigenvalue weighted by molar-refractivity contribution is 7.20. The Balaban J connectivity index is 0.944. The first kappa shape index (κ1) is 37.4. The molecule has 0 amide bonds. The van der Waals surface area contributed by atoms with Crippen LogP contribution in [0.4, 0.5) is 0 Å². The summed E-state index contributed by atoms with van der Waals surface area (Å²) in [5.74, 6) is 2.51. The van der Waals surface area contributed by atoms with Crippen molar-refractivity contribution in [3.8, 4) is 56.3 Å². The van der Waals surface area contributed by atoms with Gasteiger partial charge in [-0.05, 0) is 85.5 Å². The van der Waals surface area contributed by atoms with Crippen LogP contribution >= 0.6 is 0 Å². The Bertz CT molecular complexity index is 3470. The quantitative estimate of drug-likeness (QED) is 0.118. The fourth-order valence-electron chi connectivity index (χ4n) is 10.9. The molecular weight excluding hydrogens is 806 g/mol. The zero-order valence-electron chi connectivity index (χ0n) is 35.4. The number of ether oxygens (including phenoxy) is 1. The SMILES string of the molecule is c1ccc([Si](c2ccccc2)(c2ccccc2)c2ccccc2-c2ccc3c(c2)-c2cccc4c2B(O3)c2cc(-c3ccccc3-n3c5ccccc5c5ccccc53)ccc2O4)cc1. The van der Waals surface area contributed by atoms with Gasteiger partial charge >= 0.3 is 6.92 Å². The van der Waals surface area contributed by atoms with Crippen molar-refractivity contribution in [1.82, 2.24) is 4.57 Å². The minimum atomic E-state index is -2.83. The lowest BCUT2D eigenvalue weighted by Gasteiger charge is -2.36. The zero-order chi connectivity index (χ0) is 42.9. The first-order valence-corrected chi connectivity index (χ1v) is 24.4. The van der Waals surface area contributed by atoms with Gasteiger partial charge in [0.15, 0.2) is 8.07 Å². The summed E-state index contributed by atoms with van der Waals surface area (Å²) in [5.41, 5.74) is 12.4. The first-order valence-electron chi connectivity index (χ1n) is 22.4. The third-order valence-corrected chi connectivity index (χ3v) is 18.5. The molecular formula is C60H40BNO2Si. The van der Waals surface area contributed by atoms with Crippen LogP contribution in [0.1, 0.15) is 0 Å². The fourth-order valence-corrected chi connectivity index (χ4v) is 15.9. The molecule has 0 saturated carbocycles. The van der Waals surface area contributed by atoms with Gasteiger partial charge in [0.25, 0.3) is 0 Å². The maximum absolute atomic E-state index is 7.19. The first-order chi connectivity index (χ1) is 32.3. The predicted molar refractivity (Wildman–Crippen MR) is 273 cm³/mol.